The van der Waals surface area contributed by atoms with E-state index in [0.717, 1.165) is 11.5 Å². The summed E-state index contributed by atoms with van der Waals surface area (Å²) in [4.78, 5) is 0. The monoisotopic (exact) mass is 247 g/mol. The maximum absolute atomic E-state index is 10.5. The van der Waals surface area contributed by atoms with Crippen molar-refractivity contribution in [2.45, 2.75) is 51.2 Å². The van der Waals surface area contributed by atoms with Crippen LogP contribution in [0.3, 0.4) is 0 Å². The minimum absolute atomic E-state index is 0.502. The molecule has 0 aliphatic heterocycles. The molecule has 0 amide bonds. The summed E-state index contributed by atoms with van der Waals surface area (Å²) in [7, 11) is 0. The average Bonchev–Trinajstić information content (AvgIpc) is 2.91. The summed E-state index contributed by atoms with van der Waals surface area (Å²) in [6.45, 7) is 4.75. The highest BCUT2D eigenvalue weighted by Gasteiger charge is 2.26. The number of benzene rings is 1. The van der Waals surface area contributed by atoms with Gasteiger partial charge in [-0.1, -0.05) is 43.2 Å². The van der Waals surface area contributed by atoms with Crippen LogP contribution in [0.2, 0.25) is 0 Å². The number of nitrogens with one attached hydrogen (secondary N) is 1. The topological polar surface area (TPSA) is 32.3 Å². The standard InChI is InChI=1S/C16H25NO/c1-13(14-8-6-7-9-14)17-12-16(2,18)15-10-4-3-5-11-15/h3-5,10-11,13-14,17-18H,6-9,12H2,1-2H3. The predicted octanol–water partition coefficient (Wildman–Crippen LogP) is 3.06. The zero-order valence-corrected chi connectivity index (χ0v) is 11.5. The molecule has 1 aliphatic rings. The molecule has 0 saturated heterocycles. The van der Waals surface area contributed by atoms with Crippen molar-refractivity contribution in [2.24, 2.45) is 5.92 Å². The van der Waals surface area contributed by atoms with Crippen LogP contribution in [0.4, 0.5) is 0 Å². The van der Waals surface area contributed by atoms with Gasteiger partial charge >= 0.3 is 0 Å². The molecule has 0 heterocycles. The van der Waals surface area contributed by atoms with Gasteiger partial charge in [-0.3, -0.25) is 0 Å². The molecule has 1 aromatic rings. The van der Waals surface area contributed by atoms with Crippen LogP contribution >= 0.6 is 0 Å². The largest absolute Gasteiger partial charge is 0.384 e. The molecule has 100 valence electrons. The van der Waals surface area contributed by atoms with Gasteiger partial charge in [0.1, 0.15) is 0 Å². The molecule has 0 radical (unpaired) electrons. The van der Waals surface area contributed by atoms with Crippen molar-refractivity contribution in [3.8, 4) is 0 Å². The van der Waals surface area contributed by atoms with Crippen LogP contribution in [0.5, 0.6) is 0 Å². The van der Waals surface area contributed by atoms with Crippen LogP contribution in [0.25, 0.3) is 0 Å². The third-order valence-electron chi connectivity index (χ3n) is 4.27. The van der Waals surface area contributed by atoms with Crippen molar-refractivity contribution < 1.29 is 5.11 Å². The second-order valence-electron chi connectivity index (χ2n) is 5.85. The SMILES string of the molecule is CC(NCC(C)(O)c1ccccc1)C1CCCC1. The van der Waals surface area contributed by atoms with E-state index in [1.54, 1.807) is 0 Å². The molecule has 2 heteroatoms. The van der Waals surface area contributed by atoms with Gasteiger partial charge in [-0.15, -0.1) is 0 Å². The lowest BCUT2D eigenvalue weighted by atomic mass is 9.94. The van der Waals surface area contributed by atoms with Crippen LogP contribution in [-0.4, -0.2) is 17.7 Å². The summed E-state index contributed by atoms with van der Waals surface area (Å²) in [6, 6.07) is 10.4. The Morgan fingerprint density at radius 2 is 1.89 bits per heavy atom. The normalized spacial score (nSPS) is 21.7. The molecule has 2 rings (SSSR count). The van der Waals surface area contributed by atoms with Crippen LogP contribution in [-0.2, 0) is 5.60 Å². The predicted molar refractivity (Wildman–Crippen MR) is 75.4 cm³/mol. The van der Waals surface area contributed by atoms with Gasteiger partial charge in [-0.05, 0) is 38.2 Å². The lowest BCUT2D eigenvalue weighted by molar-refractivity contribution is 0.0521. The quantitative estimate of drug-likeness (QED) is 0.838. The maximum Gasteiger partial charge on any atom is 0.0992 e. The van der Waals surface area contributed by atoms with E-state index in [2.05, 4.69) is 12.2 Å². The molecule has 0 aromatic heterocycles. The van der Waals surface area contributed by atoms with E-state index < -0.39 is 5.60 Å². The summed E-state index contributed by atoms with van der Waals surface area (Å²) >= 11 is 0. The lowest BCUT2D eigenvalue weighted by Crippen LogP contribution is -2.42. The van der Waals surface area contributed by atoms with E-state index in [9.17, 15) is 5.11 Å². The van der Waals surface area contributed by atoms with E-state index in [1.165, 1.54) is 25.7 Å². The Morgan fingerprint density at radius 1 is 1.28 bits per heavy atom. The van der Waals surface area contributed by atoms with Gasteiger partial charge in [0.25, 0.3) is 0 Å². The fourth-order valence-electron chi connectivity index (χ4n) is 2.88. The highest BCUT2D eigenvalue weighted by atomic mass is 16.3. The van der Waals surface area contributed by atoms with Gasteiger partial charge in [0, 0.05) is 12.6 Å². The van der Waals surface area contributed by atoms with E-state index in [-0.39, 0.29) is 0 Å². The van der Waals surface area contributed by atoms with Gasteiger partial charge in [-0.25, -0.2) is 0 Å². The van der Waals surface area contributed by atoms with Crippen molar-refractivity contribution in [1.82, 2.24) is 5.32 Å². The maximum atomic E-state index is 10.5. The first-order valence-electron chi connectivity index (χ1n) is 7.11. The molecular weight excluding hydrogens is 222 g/mol. The molecule has 2 unspecified atom stereocenters. The smallest absolute Gasteiger partial charge is 0.0992 e. The molecular formula is C16H25NO. The van der Waals surface area contributed by atoms with Crippen LogP contribution in [0.15, 0.2) is 30.3 Å². The second-order valence-corrected chi connectivity index (χ2v) is 5.85. The Morgan fingerprint density at radius 3 is 2.50 bits per heavy atom. The highest BCUT2D eigenvalue weighted by Crippen LogP contribution is 2.28. The number of hydrogen-bond donors (Lipinski definition) is 2. The molecule has 1 fully saturated rings. The summed E-state index contributed by atoms with van der Waals surface area (Å²) in [5.74, 6) is 0.788. The third kappa shape index (κ3) is 3.33. The Balaban J connectivity index is 1.88. The fourth-order valence-corrected chi connectivity index (χ4v) is 2.88. The number of aliphatic hydroxyl groups is 1. The minimum atomic E-state index is -0.784. The van der Waals surface area contributed by atoms with Gasteiger partial charge in [0.2, 0.25) is 0 Å². The molecule has 18 heavy (non-hydrogen) atoms. The molecule has 0 spiro atoms. The van der Waals surface area contributed by atoms with Gasteiger partial charge in [0.15, 0.2) is 0 Å². The molecule has 2 N–H and O–H groups in total. The molecule has 0 bridgehead atoms. The van der Waals surface area contributed by atoms with Gasteiger partial charge in [0.05, 0.1) is 5.60 Å². The summed E-state index contributed by atoms with van der Waals surface area (Å²) in [5.41, 5.74) is 0.199. The average molecular weight is 247 g/mol. The highest BCUT2D eigenvalue weighted by molar-refractivity contribution is 5.21. The first-order valence-corrected chi connectivity index (χ1v) is 7.11. The fraction of sp³-hybridized carbons (Fsp3) is 0.625. The molecule has 1 aliphatic carbocycles. The summed E-state index contributed by atoms with van der Waals surface area (Å²) in [5, 5.41) is 14.0. The van der Waals surface area contributed by atoms with Crippen molar-refractivity contribution >= 4 is 0 Å². The molecule has 1 aromatic carbocycles. The zero-order valence-electron chi connectivity index (χ0n) is 11.5. The molecule has 2 nitrogen and oxygen atoms in total. The number of rotatable bonds is 5. The van der Waals surface area contributed by atoms with Crippen molar-refractivity contribution in [1.29, 1.82) is 0 Å². The Hall–Kier alpha value is -0.860. The van der Waals surface area contributed by atoms with Crippen LogP contribution < -0.4 is 5.32 Å². The van der Waals surface area contributed by atoms with Crippen molar-refractivity contribution in [3.05, 3.63) is 35.9 Å². The van der Waals surface area contributed by atoms with Gasteiger partial charge < -0.3 is 10.4 Å². The Kier molecular flexibility index (Phi) is 4.41. The van der Waals surface area contributed by atoms with Crippen LogP contribution in [0.1, 0.15) is 45.1 Å². The van der Waals surface area contributed by atoms with Gasteiger partial charge in [-0.2, -0.15) is 0 Å². The lowest BCUT2D eigenvalue weighted by Gasteiger charge is -2.28. The van der Waals surface area contributed by atoms with Crippen molar-refractivity contribution in [2.75, 3.05) is 6.54 Å². The first kappa shape index (κ1) is 13.6. The van der Waals surface area contributed by atoms with E-state index in [0.29, 0.717) is 12.6 Å². The van der Waals surface area contributed by atoms with E-state index in [4.69, 9.17) is 0 Å². The van der Waals surface area contributed by atoms with Crippen molar-refractivity contribution in [3.63, 3.8) is 0 Å². The number of hydrogen-bond acceptors (Lipinski definition) is 2. The minimum Gasteiger partial charge on any atom is -0.384 e. The molecule has 2 atom stereocenters. The summed E-state index contributed by atoms with van der Waals surface area (Å²) < 4.78 is 0. The van der Waals surface area contributed by atoms with Crippen LogP contribution in [0, 0.1) is 5.92 Å². The summed E-state index contributed by atoms with van der Waals surface area (Å²) in [6.07, 6.45) is 5.40. The first-order chi connectivity index (χ1) is 8.59. The third-order valence-corrected chi connectivity index (χ3v) is 4.27. The molecule has 1 saturated carbocycles. The van der Waals surface area contributed by atoms with E-state index in [1.807, 2.05) is 37.3 Å². The Labute approximate surface area is 110 Å². The second kappa shape index (κ2) is 5.85. The zero-order chi connectivity index (χ0) is 13.0. The van der Waals surface area contributed by atoms with E-state index >= 15 is 0 Å². The Bertz CT molecular complexity index is 355.